The van der Waals surface area contributed by atoms with Gasteiger partial charge in [0.05, 0.1) is 6.61 Å². The van der Waals surface area contributed by atoms with Crippen molar-refractivity contribution < 1.29 is 9.53 Å². The second-order valence-electron chi connectivity index (χ2n) is 4.14. The van der Waals surface area contributed by atoms with Gasteiger partial charge in [0.15, 0.2) is 5.78 Å². The van der Waals surface area contributed by atoms with Crippen molar-refractivity contribution in [3.63, 3.8) is 0 Å². The number of hydrogen-bond acceptors (Lipinski definition) is 3. The van der Waals surface area contributed by atoms with E-state index in [-0.39, 0.29) is 5.78 Å². The number of thioether (sulfide) groups is 1. The van der Waals surface area contributed by atoms with E-state index in [9.17, 15) is 4.79 Å². The standard InChI is InChI=1S/C14H18O2S/c1-2-17-9-8-16-12-7-6-11-4-3-5-14(15)13(11)10-12/h6-7,10H,2-5,8-9H2,1H3. The maximum absolute atomic E-state index is 11.8. The third-order valence-corrected chi connectivity index (χ3v) is 3.80. The predicted octanol–water partition coefficient (Wildman–Crippen LogP) is 3.34. The van der Waals surface area contributed by atoms with Gasteiger partial charge in [-0.15, -0.1) is 0 Å². The molecule has 0 bridgehead atoms. The summed E-state index contributed by atoms with van der Waals surface area (Å²) in [6.07, 6.45) is 2.69. The summed E-state index contributed by atoms with van der Waals surface area (Å²) in [7, 11) is 0. The van der Waals surface area contributed by atoms with Gasteiger partial charge in [0.25, 0.3) is 0 Å². The molecular formula is C14H18O2S. The minimum atomic E-state index is 0.264. The lowest BCUT2D eigenvalue weighted by Gasteiger charge is -2.15. The molecule has 92 valence electrons. The average Bonchev–Trinajstić information content (AvgIpc) is 2.36. The Labute approximate surface area is 107 Å². The summed E-state index contributed by atoms with van der Waals surface area (Å²) in [6, 6.07) is 5.93. The van der Waals surface area contributed by atoms with Gasteiger partial charge >= 0.3 is 0 Å². The van der Waals surface area contributed by atoms with Crippen LogP contribution in [0.15, 0.2) is 18.2 Å². The third-order valence-electron chi connectivity index (χ3n) is 2.93. The Bertz CT molecular complexity index is 401. The first-order chi connectivity index (χ1) is 8.31. The zero-order valence-corrected chi connectivity index (χ0v) is 11.0. The summed E-state index contributed by atoms with van der Waals surface area (Å²) in [5.41, 5.74) is 2.05. The minimum Gasteiger partial charge on any atom is -0.493 e. The van der Waals surface area contributed by atoms with Crippen molar-refractivity contribution in [2.45, 2.75) is 26.2 Å². The Morgan fingerprint density at radius 1 is 1.35 bits per heavy atom. The van der Waals surface area contributed by atoms with Gasteiger partial charge in [-0.05, 0) is 36.3 Å². The zero-order chi connectivity index (χ0) is 12.1. The Balaban J connectivity index is 2.00. The lowest BCUT2D eigenvalue weighted by molar-refractivity contribution is 0.0972. The van der Waals surface area contributed by atoms with Crippen molar-refractivity contribution >= 4 is 17.5 Å². The molecule has 3 heteroatoms. The van der Waals surface area contributed by atoms with Crippen molar-refractivity contribution in [3.8, 4) is 5.75 Å². The van der Waals surface area contributed by atoms with E-state index >= 15 is 0 Å². The summed E-state index contributed by atoms with van der Waals surface area (Å²) in [6.45, 7) is 2.85. The van der Waals surface area contributed by atoms with Crippen molar-refractivity contribution in [1.82, 2.24) is 0 Å². The van der Waals surface area contributed by atoms with E-state index < -0.39 is 0 Å². The average molecular weight is 250 g/mol. The molecule has 2 nitrogen and oxygen atoms in total. The van der Waals surface area contributed by atoms with E-state index in [0.29, 0.717) is 13.0 Å². The normalized spacial score (nSPS) is 14.5. The second kappa shape index (κ2) is 6.10. The number of fused-ring (bicyclic) bond motifs is 1. The Morgan fingerprint density at radius 3 is 3.06 bits per heavy atom. The number of Topliss-reactive ketones (excluding diaryl/α,β-unsaturated/α-hetero) is 1. The van der Waals surface area contributed by atoms with E-state index in [1.807, 2.05) is 30.0 Å². The molecule has 0 saturated heterocycles. The fraction of sp³-hybridized carbons (Fsp3) is 0.500. The molecule has 0 heterocycles. The van der Waals surface area contributed by atoms with Crippen LogP contribution >= 0.6 is 11.8 Å². The molecule has 0 fully saturated rings. The van der Waals surface area contributed by atoms with E-state index in [1.165, 1.54) is 5.56 Å². The van der Waals surface area contributed by atoms with Crippen LogP contribution in [0.4, 0.5) is 0 Å². The zero-order valence-electron chi connectivity index (χ0n) is 10.2. The van der Waals surface area contributed by atoms with Crippen LogP contribution in [0.3, 0.4) is 0 Å². The molecule has 17 heavy (non-hydrogen) atoms. The molecule has 0 radical (unpaired) electrons. The highest BCUT2D eigenvalue weighted by molar-refractivity contribution is 7.99. The van der Waals surface area contributed by atoms with E-state index in [4.69, 9.17) is 4.74 Å². The number of benzene rings is 1. The lowest BCUT2D eigenvalue weighted by Crippen LogP contribution is -2.11. The monoisotopic (exact) mass is 250 g/mol. The van der Waals surface area contributed by atoms with Gasteiger partial charge in [0.2, 0.25) is 0 Å². The van der Waals surface area contributed by atoms with Crippen LogP contribution in [0.2, 0.25) is 0 Å². The highest BCUT2D eigenvalue weighted by atomic mass is 32.2. The molecule has 1 aliphatic carbocycles. The number of carbonyl (C=O) groups is 1. The quantitative estimate of drug-likeness (QED) is 0.750. The van der Waals surface area contributed by atoms with Crippen LogP contribution in [0.25, 0.3) is 0 Å². The Hall–Kier alpha value is -0.960. The van der Waals surface area contributed by atoms with Crippen molar-refractivity contribution in [2.75, 3.05) is 18.1 Å². The first-order valence-corrected chi connectivity index (χ1v) is 7.33. The number of ether oxygens (including phenoxy) is 1. The molecule has 1 aromatic carbocycles. The molecule has 0 N–H and O–H groups in total. The highest BCUT2D eigenvalue weighted by Crippen LogP contribution is 2.25. The predicted molar refractivity (Wildman–Crippen MR) is 72.2 cm³/mol. The first kappa shape index (κ1) is 12.5. The summed E-state index contributed by atoms with van der Waals surface area (Å²) >= 11 is 1.86. The molecule has 0 saturated carbocycles. The summed E-state index contributed by atoms with van der Waals surface area (Å²) in [4.78, 5) is 11.8. The Morgan fingerprint density at radius 2 is 2.24 bits per heavy atom. The van der Waals surface area contributed by atoms with Gasteiger partial charge < -0.3 is 4.74 Å². The first-order valence-electron chi connectivity index (χ1n) is 6.18. The van der Waals surface area contributed by atoms with Gasteiger partial charge in [-0.25, -0.2) is 0 Å². The highest BCUT2D eigenvalue weighted by Gasteiger charge is 2.17. The van der Waals surface area contributed by atoms with Crippen molar-refractivity contribution in [2.24, 2.45) is 0 Å². The summed E-state index contributed by atoms with van der Waals surface area (Å²) in [5, 5.41) is 0. The number of carbonyl (C=O) groups excluding carboxylic acids is 1. The molecule has 2 rings (SSSR count). The SMILES string of the molecule is CCSCCOc1ccc2c(c1)C(=O)CCC2. The Kier molecular flexibility index (Phi) is 4.49. The largest absolute Gasteiger partial charge is 0.493 e. The number of rotatable bonds is 5. The molecule has 0 unspecified atom stereocenters. The van der Waals surface area contributed by atoms with Gasteiger partial charge in [-0.2, -0.15) is 11.8 Å². The molecule has 0 spiro atoms. The molecule has 0 amide bonds. The van der Waals surface area contributed by atoms with Crippen LogP contribution < -0.4 is 4.74 Å². The van der Waals surface area contributed by atoms with Gasteiger partial charge in [0.1, 0.15) is 5.75 Å². The van der Waals surface area contributed by atoms with Gasteiger partial charge in [0, 0.05) is 17.7 Å². The smallest absolute Gasteiger partial charge is 0.163 e. The molecule has 1 aromatic rings. The van der Waals surface area contributed by atoms with E-state index in [2.05, 4.69) is 6.92 Å². The molecule has 1 aliphatic rings. The van der Waals surface area contributed by atoms with Crippen LogP contribution in [0.5, 0.6) is 5.75 Å². The maximum atomic E-state index is 11.8. The van der Waals surface area contributed by atoms with Crippen LogP contribution in [-0.4, -0.2) is 23.9 Å². The maximum Gasteiger partial charge on any atom is 0.163 e. The summed E-state index contributed by atoms with van der Waals surface area (Å²) in [5.74, 6) is 3.21. The molecule has 0 atom stereocenters. The van der Waals surface area contributed by atoms with Crippen LogP contribution in [0, 0.1) is 0 Å². The fourth-order valence-corrected chi connectivity index (χ4v) is 2.55. The number of aryl methyl sites for hydroxylation is 1. The fourth-order valence-electron chi connectivity index (χ4n) is 2.06. The molecule has 0 aliphatic heterocycles. The number of hydrogen-bond donors (Lipinski definition) is 0. The van der Waals surface area contributed by atoms with Crippen LogP contribution in [0.1, 0.15) is 35.7 Å². The third kappa shape index (κ3) is 3.25. The summed E-state index contributed by atoms with van der Waals surface area (Å²) < 4.78 is 5.65. The lowest BCUT2D eigenvalue weighted by atomic mass is 9.90. The van der Waals surface area contributed by atoms with E-state index in [0.717, 1.165) is 35.7 Å². The molecule has 0 aromatic heterocycles. The van der Waals surface area contributed by atoms with Gasteiger partial charge in [-0.1, -0.05) is 13.0 Å². The molecular weight excluding hydrogens is 232 g/mol. The van der Waals surface area contributed by atoms with Crippen LogP contribution in [-0.2, 0) is 6.42 Å². The van der Waals surface area contributed by atoms with Crippen molar-refractivity contribution in [3.05, 3.63) is 29.3 Å². The topological polar surface area (TPSA) is 26.3 Å². The van der Waals surface area contributed by atoms with E-state index in [1.54, 1.807) is 0 Å². The number of ketones is 1. The van der Waals surface area contributed by atoms with Crippen molar-refractivity contribution in [1.29, 1.82) is 0 Å². The van der Waals surface area contributed by atoms with Gasteiger partial charge in [-0.3, -0.25) is 4.79 Å². The second-order valence-corrected chi connectivity index (χ2v) is 5.53. The minimum absolute atomic E-state index is 0.264.